The molecule has 0 aliphatic rings. The van der Waals surface area contributed by atoms with Crippen molar-refractivity contribution < 1.29 is 28.1 Å². The number of ether oxygens (including phenoxy) is 1. The summed E-state index contributed by atoms with van der Waals surface area (Å²) in [7, 11) is 1.55. The Kier molecular flexibility index (Phi) is 8.52. The SMILES string of the molecule is COc1ccc([C@@H](C(=O)NC(C)(C)C)N(Cc2ccco2)C(=O)CCC(=O)Nc2cc(C)on2)cc1. The van der Waals surface area contributed by atoms with E-state index in [2.05, 4.69) is 15.8 Å². The minimum atomic E-state index is -0.964. The van der Waals surface area contributed by atoms with E-state index in [4.69, 9.17) is 13.7 Å². The highest BCUT2D eigenvalue weighted by molar-refractivity contribution is 5.94. The Morgan fingerprint density at radius 1 is 1.11 bits per heavy atom. The van der Waals surface area contributed by atoms with E-state index in [-0.39, 0.29) is 37.0 Å². The maximum atomic E-state index is 13.5. The fourth-order valence-corrected chi connectivity index (χ4v) is 3.59. The first-order valence-electron chi connectivity index (χ1n) is 11.6. The number of hydrogen-bond donors (Lipinski definition) is 2. The van der Waals surface area contributed by atoms with Gasteiger partial charge in [0.15, 0.2) is 5.82 Å². The zero-order valence-corrected chi connectivity index (χ0v) is 21.2. The molecule has 1 aromatic carbocycles. The van der Waals surface area contributed by atoms with Gasteiger partial charge in [-0.05, 0) is 57.5 Å². The number of nitrogens with one attached hydrogen (secondary N) is 2. The summed E-state index contributed by atoms with van der Waals surface area (Å²) in [5.41, 5.74) is 0.0663. The number of aromatic nitrogens is 1. The summed E-state index contributed by atoms with van der Waals surface area (Å²) in [6, 6.07) is 11.0. The van der Waals surface area contributed by atoms with Gasteiger partial charge in [0.05, 0.1) is 19.9 Å². The number of methoxy groups -OCH3 is 1. The summed E-state index contributed by atoms with van der Waals surface area (Å²) < 4.78 is 15.7. The highest BCUT2D eigenvalue weighted by Crippen LogP contribution is 2.27. The van der Waals surface area contributed by atoms with E-state index in [1.165, 1.54) is 11.2 Å². The van der Waals surface area contributed by atoms with Crippen molar-refractivity contribution >= 4 is 23.5 Å². The first-order valence-corrected chi connectivity index (χ1v) is 11.6. The van der Waals surface area contributed by atoms with Gasteiger partial charge in [0.25, 0.3) is 0 Å². The average molecular weight is 497 g/mol. The molecule has 2 aromatic heterocycles. The Morgan fingerprint density at radius 2 is 1.83 bits per heavy atom. The molecule has 0 fully saturated rings. The molecule has 0 unspecified atom stereocenters. The van der Waals surface area contributed by atoms with Gasteiger partial charge < -0.3 is 29.2 Å². The molecule has 0 saturated heterocycles. The van der Waals surface area contributed by atoms with Crippen LogP contribution in [-0.4, -0.2) is 40.4 Å². The highest BCUT2D eigenvalue weighted by atomic mass is 16.5. The number of aryl methyl sites for hydroxylation is 1. The number of carbonyl (C=O) groups excluding carboxylic acids is 3. The van der Waals surface area contributed by atoms with Crippen LogP contribution in [0.15, 0.2) is 57.7 Å². The van der Waals surface area contributed by atoms with E-state index in [1.807, 2.05) is 20.8 Å². The number of furan rings is 1. The summed E-state index contributed by atoms with van der Waals surface area (Å²) >= 11 is 0. The number of amides is 3. The van der Waals surface area contributed by atoms with Crippen molar-refractivity contribution in [3.8, 4) is 5.75 Å². The van der Waals surface area contributed by atoms with Crippen molar-refractivity contribution in [3.05, 3.63) is 65.8 Å². The number of anilines is 1. The summed E-state index contributed by atoms with van der Waals surface area (Å²) in [4.78, 5) is 40.9. The molecule has 10 nitrogen and oxygen atoms in total. The van der Waals surface area contributed by atoms with Gasteiger partial charge in [0.2, 0.25) is 17.7 Å². The molecule has 10 heteroatoms. The van der Waals surface area contributed by atoms with E-state index in [1.54, 1.807) is 56.5 Å². The lowest BCUT2D eigenvalue weighted by molar-refractivity contribution is -0.143. The highest BCUT2D eigenvalue weighted by Gasteiger charge is 2.34. The van der Waals surface area contributed by atoms with Crippen LogP contribution in [-0.2, 0) is 20.9 Å². The van der Waals surface area contributed by atoms with Gasteiger partial charge in [-0.25, -0.2) is 0 Å². The molecule has 0 bridgehead atoms. The maximum Gasteiger partial charge on any atom is 0.247 e. The predicted molar refractivity (Wildman–Crippen MR) is 132 cm³/mol. The number of carbonyl (C=O) groups is 3. The van der Waals surface area contributed by atoms with Crippen LogP contribution in [0.5, 0.6) is 5.75 Å². The Bertz CT molecular complexity index is 1160. The third kappa shape index (κ3) is 7.46. The van der Waals surface area contributed by atoms with Crippen LogP contribution in [0.4, 0.5) is 5.82 Å². The van der Waals surface area contributed by atoms with Gasteiger partial charge >= 0.3 is 0 Å². The van der Waals surface area contributed by atoms with Crippen molar-refractivity contribution in [2.75, 3.05) is 12.4 Å². The van der Waals surface area contributed by atoms with E-state index in [0.717, 1.165) is 0 Å². The van der Waals surface area contributed by atoms with E-state index < -0.39 is 17.5 Å². The third-order valence-electron chi connectivity index (χ3n) is 5.18. The Balaban J connectivity index is 1.87. The molecule has 2 heterocycles. The molecule has 3 aromatic rings. The van der Waals surface area contributed by atoms with Crippen molar-refractivity contribution in [1.29, 1.82) is 0 Å². The van der Waals surface area contributed by atoms with Crippen LogP contribution in [0.25, 0.3) is 0 Å². The second-order valence-corrected chi connectivity index (χ2v) is 9.39. The minimum Gasteiger partial charge on any atom is -0.497 e. The number of rotatable bonds is 10. The molecule has 3 amide bonds. The molecule has 0 radical (unpaired) electrons. The van der Waals surface area contributed by atoms with Gasteiger partial charge in [-0.15, -0.1) is 0 Å². The molecule has 0 aliphatic carbocycles. The number of benzene rings is 1. The van der Waals surface area contributed by atoms with Crippen molar-refractivity contribution in [3.63, 3.8) is 0 Å². The van der Waals surface area contributed by atoms with Gasteiger partial charge in [-0.3, -0.25) is 14.4 Å². The van der Waals surface area contributed by atoms with E-state index in [0.29, 0.717) is 22.8 Å². The molecule has 36 heavy (non-hydrogen) atoms. The average Bonchev–Trinajstić information content (AvgIpc) is 3.48. The second-order valence-electron chi connectivity index (χ2n) is 9.39. The van der Waals surface area contributed by atoms with E-state index >= 15 is 0 Å². The zero-order chi connectivity index (χ0) is 26.3. The molecule has 3 rings (SSSR count). The zero-order valence-electron chi connectivity index (χ0n) is 21.2. The second kappa shape index (κ2) is 11.6. The quantitative estimate of drug-likeness (QED) is 0.434. The Morgan fingerprint density at radius 3 is 2.39 bits per heavy atom. The maximum absolute atomic E-state index is 13.5. The lowest BCUT2D eigenvalue weighted by Gasteiger charge is -2.33. The van der Waals surface area contributed by atoms with Crippen LogP contribution in [0.1, 0.15) is 56.7 Å². The van der Waals surface area contributed by atoms with Gasteiger partial charge in [0.1, 0.15) is 23.3 Å². The lowest BCUT2D eigenvalue weighted by Crippen LogP contribution is -2.49. The molecule has 192 valence electrons. The van der Waals surface area contributed by atoms with Crippen molar-refractivity contribution in [2.45, 2.75) is 58.7 Å². The predicted octanol–water partition coefficient (Wildman–Crippen LogP) is 3.99. The van der Waals surface area contributed by atoms with Crippen molar-refractivity contribution in [1.82, 2.24) is 15.4 Å². The number of hydrogen-bond acceptors (Lipinski definition) is 7. The molecular formula is C26H32N4O6. The van der Waals surface area contributed by atoms with Crippen LogP contribution in [0.2, 0.25) is 0 Å². The summed E-state index contributed by atoms with van der Waals surface area (Å²) in [6.07, 6.45) is 1.28. The summed E-state index contributed by atoms with van der Waals surface area (Å²) in [6.45, 7) is 7.35. The Hall–Kier alpha value is -4.08. The van der Waals surface area contributed by atoms with Gasteiger partial charge in [-0.2, -0.15) is 0 Å². The fourth-order valence-electron chi connectivity index (χ4n) is 3.59. The first-order chi connectivity index (χ1) is 17.1. The Labute approximate surface area is 210 Å². The van der Waals surface area contributed by atoms with Crippen molar-refractivity contribution in [2.24, 2.45) is 0 Å². The van der Waals surface area contributed by atoms with Gasteiger partial charge in [-0.1, -0.05) is 17.3 Å². The summed E-state index contributed by atoms with van der Waals surface area (Å²) in [5.74, 6) is 0.828. The smallest absolute Gasteiger partial charge is 0.247 e. The minimum absolute atomic E-state index is 0.0458. The molecule has 2 N–H and O–H groups in total. The molecular weight excluding hydrogens is 464 g/mol. The lowest BCUT2D eigenvalue weighted by atomic mass is 10.0. The van der Waals surface area contributed by atoms with Crippen LogP contribution in [0, 0.1) is 6.92 Å². The summed E-state index contributed by atoms with van der Waals surface area (Å²) in [5, 5.41) is 9.30. The first kappa shape index (κ1) is 26.5. The largest absolute Gasteiger partial charge is 0.497 e. The fraction of sp³-hybridized carbons (Fsp3) is 0.385. The molecule has 1 atom stereocenters. The molecule has 0 aliphatic heterocycles. The third-order valence-corrected chi connectivity index (χ3v) is 5.18. The van der Waals surface area contributed by atoms with Crippen LogP contribution in [0.3, 0.4) is 0 Å². The topological polar surface area (TPSA) is 127 Å². The van der Waals surface area contributed by atoms with Gasteiger partial charge in [0, 0.05) is 24.4 Å². The number of nitrogens with zero attached hydrogens (tertiary/aromatic N) is 2. The molecule has 0 saturated carbocycles. The monoisotopic (exact) mass is 496 g/mol. The van der Waals surface area contributed by atoms with Crippen LogP contribution < -0.4 is 15.4 Å². The molecule has 0 spiro atoms. The van der Waals surface area contributed by atoms with E-state index in [9.17, 15) is 14.4 Å². The standard InChI is InChI=1S/C26H32N4O6/c1-17-15-21(29-36-17)27-22(31)12-13-23(32)30(16-20-7-6-14-35-20)24(25(33)28-26(2,3)4)18-8-10-19(34-5)11-9-18/h6-11,14-15,24H,12-13,16H2,1-5H3,(H,28,33)(H,27,29,31)/t24-/m0/s1. The van der Waals surface area contributed by atoms with Crippen LogP contribution >= 0.6 is 0 Å². The normalized spacial score (nSPS) is 12.0.